The number of benzene rings is 2. The van der Waals surface area contributed by atoms with E-state index in [1.165, 1.54) is 23.1 Å². The van der Waals surface area contributed by atoms with Crippen molar-refractivity contribution in [2.75, 3.05) is 23.8 Å². The van der Waals surface area contributed by atoms with Crippen LogP contribution in [0.4, 0.5) is 11.4 Å². The molecule has 0 atom stereocenters. The maximum Gasteiger partial charge on any atom is 0.338 e. The van der Waals surface area contributed by atoms with Gasteiger partial charge in [0, 0.05) is 12.2 Å². The first kappa shape index (κ1) is 20.3. The van der Waals surface area contributed by atoms with Crippen molar-refractivity contribution >= 4 is 34.9 Å². The van der Waals surface area contributed by atoms with Gasteiger partial charge in [0.05, 0.1) is 28.8 Å². The van der Waals surface area contributed by atoms with Gasteiger partial charge in [-0.25, -0.2) is 4.79 Å². The van der Waals surface area contributed by atoms with E-state index < -0.39 is 18.5 Å². The van der Waals surface area contributed by atoms with E-state index in [1.807, 2.05) is 38.1 Å². The normalized spacial score (nSPS) is 10.1. The Morgan fingerprint density at radius 2 is 1.85 bits per heavy atom. The van der Waals surface area contributed by atoms with Crippen LogP contribution in [0.2, 0.25) is 5.02 Å². The second-order valence-electron chi connectivity index (χ2n) is 6.11. The van der Waals surface area contributed by atoms with Crippen LogP contribution in [0.15, 0.2) is 36.4 Å². The van der Waals surface area contributed by atoms with Gasteiger partial charge < -0.3 is 15.4 Å². The molecule has 7 heteroatoms. The van der Waals surface area contributed by atoms with Crippen LogP contribution in [-0.4, -0.2) is 25.0 Å². The maximum atomic E-state index is 12.6. The Morgan fingerprint density at radius 3 is 2.44 bits per heavy atom. The summed E-state index contributed by atoms with van der Waals surface area (Å²) in [5.74, 6) is -1.09. The van der Waals surface area contributed by atoms with Gasteiger partial charge in [-0.05, 0) is 55.3 Å². The lowest BCUT2D eigenvalue weighted by Crippen LogP contribution is -2.35. The van der Waals surface area contributed by atoms with Crippen molar-refractivity contribution in [2.24, 2.45) is 0 Å². The van der Waals surface area contributed by atoms with Crippen LogP contribution in [0.25, 0.3) is 0 Å². The van der Waals surface area contributed by atoms with E-state index >= 15 is 0 Å². The van der Waals surface area contributed by atoms with Gasteiger partial charge in [-0.15, -0.1) is 0 Å². The molecular weight excluding hydrogens is 366 g/mol. The number of carbonyl (C=O) groups excluding carboxylic acids is 2. The smallest absolute Gasteiger partial charge is 0.338 e. The van der Waals surface area contributed by atoms with Crippen molar-refractivity contribution in [2.45, 2.75) is 20.3 Å². The molecule has 140 valence electrons. The fourth-order valence-corrected chi connectivity index (χ4v) is 2.74. The van der Waals surface area contributed by atoms with Gasteiger partial charge in [0.2, 0.25) is 0 Å². The highest BCUT2D eigenvalue weighted by Crippen LogP contribution is 2.21. The number of nitrogen functional groups attached to an aromatic ring is 1. The molecule has 2 N–H and O–H groups in total. The van der Waals surface area contributed by atoms with E-state index in [4.69, 9.17) is 27.3 Å². The Bertz CT molecular complexity index is 886. The molecule has 0 fully saturated rings. The third-order valence-corrected chi connectivity index (χ3v) is 4.17. The monoisotopic (exact) mass is 385 g/mol. The van der Waals surface area contributed by atoms with Gasteiger partial charge in [0.25, 0.3) is 5.91 Å². The van der Waals surface area contributed by atoms with E-state index in [0.29, 0.717) is 10.7 Å². The van der Waals surface area contributed by atoms with E-state index in [-0.39, 0.29) is 24.2 Å². The molecular formula is C20H20ClN3O3. The van der Waals surface area contributed by atoms with Gasteiger partial charge in [0.1, 0.15) is 0 Å². The number of hydrogen-bond acceptors (Lipinski definition) is 5. The molecule has 2 aromatic carbocycles. The van der Waals surface area contributed by atoms with Gasteiger partial charge in [-0.2, -0.15) is 5.26 Å². The lowest BCUT2D eigenvalue weighted by atomic mass is 10.1. The molecule has 0 unspecified atom stereocenters. The van der Waals surface area contributed by atoms with Gasteiger partial charge >= 0.3 is 5.97 Å². The fraction of sp³-hybridized carbons (Fsp3) is 0.250. The number of nitriles is 1. The van der Waals surface area contributed by atoms with Crippen molar-refractivity contribution in [3.05, 3.63) is 58.1 Å². The molecule has 0 radical (unpaired) electrons. The van der Waals surface area contributed by atoms with E-state index in [1.54, 1.807) is 0 Å². The highest BCUT2D eigenvalue weighted by molar-refractivity contribution is 6.33. The maximum absolute atomic E-state index is 12.6. The quantitative estimate of drug-likeness (QED) is 0.604. The Labute approximate surface area is 163 Å². The number of hydrogen-bond donors (Lipinski definition) is 1. The first-order valence-corrected chi connectivity index (χ1v) is 8.67. The molecule has 0 spiro atoms. The second kappa shape index (κ2) is 9.06. The summed E-state index contributed by atoms with van der Waals surface area (Å²) >= 11 is 5.83. The van der Waals surface area contributed by atoms with E-state index in [2.05, 4.69) is 0 Å². The third-order valence-electron chi connectivity index (χ3n) is 3.82. The molecule has 0 bridgehead atoms. The predicted octanol–water partition coefficient (Wildman–Crippen LogP) is 3.64. The summed E-state index contributed by atoms with van der Waals surface area (Å²) in [5, 5.41) is 9.21. The summed E-state index contributed by atoms with van der Waals surface area (Å²) in [6.07, 6.45) is 0.167. The van der Waals surface area contributed by atoms with Gasteiger partial charge in [0.15, 0.2) is 6.61 Å². The van der Waals surface area contributed by atoms with Crippen LogP contribution >= 0.6 is 11.6 Å². The van der Waals surface area contributed by atoms with Gasteiger partial charge in [-0.3, -0.25) is 4.79 Å². The predicted molar refractivity (Wildman–Crippen MR) is 105 cm³/mol. The topological polar surface area (TPSA) is 96.4 Å². The first-order valence-electron chi connectivity index (χ1n) is 8.29. The number of amides is 1. The van der Waals surface area contributed by atoms with Crippen LogP contribution < -0.4 is 10.6 Å². The van der Waals surface area contributed by atoms with Crippen LogP contribution in [0.3, 0.4) is 0 Å². The van der Waals surface area contributed by atoms with Crippen molar-refractivity contribution in [1.29, 1.82) is 5.26 Å². The molecule has 2 aromatic rings. The lowest BCUT2D eigenvalue weighted by Gasteiger charge is -2.22. The number of rotatable bonds is 6. The van der Waals surface area contributed by atoms with E-state index in [0.717, 1.165) is 11.1 Å². The lowest BCUT2D eigenvalue weighted by molar-refractivity contribution is -0.121. The number of esters is 1. The van der Waals surface area contributed by atoms with Crippen LogP contribution in [0, 0.1) is 25.2 Å². The number of carbonyl (C=O) groups is 2. The summed E-state index contributed by atoms with van der Waals surface area (Å²) in [6, 6.07) is 12.1. The summed E-state index contributed by atoms with van der Waals surface area (Å²) in [7, 11) is 0. The molecule has 0 aromatic heterocycles. The third kappa shape index (κ3) is 5.47. The summed E-state index contributed by atoms with van der Waals surface area (Å²) in [4.78, 5) is 26.2. The minimum absolute atomic E-state index is 0.167. The summed E-state index contributed by atoms with van der Waals surface area (Å²) in [6.45, 7) is 3.62. The molecule has 2 rings (SSSR count). The Kier molecular flexibility index (Phi) is 6.80. The van der Waals surface area contributed by atoms with Gasteiger partial charge in [-0.1, -0.05) is 17.7 Å². The zero-order valence-corrected chi connectivity index (χ0v) is 15.9. The molecule has 0 aliphatic rings. The minimum atomic E-state index is -0.674. The zero-order valence-electron chi connectivity index (χ0n) is 15.2. The highest BCUT2D eigenvalue weighted by Gasteiger charge is 2.19. The minimum Gasteiger partial charge on any atom is -0.452 e. The molecule has 0 saturated heterocycles. The number of nitrogens with zero attached hydrogens (tertiary/aromatic N) is 2. The molecule has 0 saturated carbocycles. The number of ether oxygens (including phenoxy) is 1. The highest BCUT2D eigenvalue weighted by atomic mass is 35.5. The molecule has 0 aliphatic carbocycles. The number of halogens is 1. The molecule has 27 heavy (non-hydrogen) atoms. The summed E-state index contributed by atoms with van der Waals surface area (Å²) in [5.41, 5.74) is 8.79. The Hall–Kier alpha value is -3.04. The van der Waals surface area contributed by atoms with Crippen molar-refractivity contribution in [3.8, 4) is 6.07 Å². The molecule has 0 aliphatic heterocycles. The van der Waals surface area contributed by atoms with Crippen LogP contribution in [-0.2, 0) is 9.53 Å². The Balaban J connectivity index is 2.12. The Morgan fingerprint density at radius 1 is 1.19 bits per heavy atom. The first-order chi connectivity index (χ1) is 12.8. The number of anilines is 2. The number of nitrogens with two attached hydrogens (primary N) is 1. The standard InChI is InChI=1S/C20H20ClN3O3/c1-13-8-14(2)10-16(9-13)24(7-3-6-22)19(25)12-27-20(26)15-4-5-17(21)18(23)11-15/h4-5,8-11H,3,7,12,23H2,1-2H3. The summed E-state index contributed by atoms with van der Waals surface area (Å²) < 4.78 is 5.12. The fourth-order valence-electron chi connectivity index (χ4n) is 2.63. The second-order valence-corrected chi connectivity index (χ2v) is 6.52. The van der Waals surface area contributed by atoms with Crippen LogP contribution in [0.1, 0.15) is 27.9 Å². The molecule has 0 heterocycles. The zero-order chi connectivity index (χ0) is 20.0. The SMILES string of the molecule is Cc1cc(C)cc(N(CCC#N)C(=O)COC(=O)c2ccc(Cl)c(N)c2)c1. The van der Waals surface area contributed by atoms with Crippen molar-refractivity contribution in [1.82, 2.24) is 0 Å². The molecule has 1 amide bonds. The largest absolute Gasteiger partial charge is 0.452 e. The van der Waals surface area contributed by atoms with E-state index in [9.17, 15) is 9.59 Å². The molecule has 6 nitrogen and oxygen atoms in total. The average molecular weight is 386 g/mol. The van der Waals surface area contributed by atoms with Crippen LogP contribution in [0.5, 0.6) is 0 Å². The van der Waals surface area contributed by atoms with Crippen molar-refractivity contribution < 1.29 is 14.3 Å². The van der Waals surface area contributed by atoms with Crippen molar-refractivity contribution in [3.63, 3.8) is 0 Å². The average Bonchev–Trinajstić information content (AvgIpc) is 2.61. The number of aryl methyl sites for hydroxylation is 2.